The van der Waals surface area contributed by atoms with Crippen LogP contribution in [0.4, 0.5) is 5.69 Å². The summed E-state index contributed by atoms with van der Waals surface area (Å²) < 4.78 is 24.7. The molecule has 0 bridgehead atoms. The van der Waals surface area contributed by atoms with E-state index >= 15 is 0 Å². The highest BCUT2D eigenvalue weighted by Crippen LogP contribution is 2.22. The molecule has 0 unspecified atom stereocenters. The van der Waals surface area contributed by atoms with E-state index in [0.29, 0.717) is 19.4 Å². The van der Waals surface area contributed by atoms with Crippen LogP contribution in [0, 0.1) is 5.92 Å². The standard InChI is InChI=1S/C17H20N2O3S/c1-23(21,22)19-10-4-7-15(12-19)17(20)18-16-9-8-13-5-2-3-6-14(13)11-16/h2-3,5-6,8-9,11,15H,4,7,10,12H2,1H3,(H,18,20)/t15-/m1/s1. The molecule has 1 fully saturated rings. The maximum absolute atomic E-state index is 12.4. The van der Waals surface area contributed by atoms with E-state index < -0.39 is 10.0 Å². The fraction of sp³-hybridized carbons (Fsp3) is 0.353. The maximum atomic E-state index is 12.4. The van der Waals surface area contributed by atoms with Gasteiger partial charge in [0, 0.05) is 18.8 Å². The van der Waals surface area contributed by atoms with E-state index in [1.54, 1.807) is 0 Å². The molecule has 2 aromatic rings. The predicted molar refractivity (Wildman–Crippen MR) is 91.7 cm³/mol. The normalized spacial score (nSPS) is 19.6. The Morgan fingerprint density at radius 3 is 2.65 bits per heavy atom. The Balaban J connectivity index is 1.72. The lowest BCUT2D eigenvalue weighted by molar-refractivity contribution is -0.120. The number of nitrogens with one attached hydrogen (secondary N) is 1. The smallest absolute Gasteiger partial charge is 0.228 e. The molecule has 0 aliphatic carbocycles. The average Bonchev–Trinajstić information content (AvgIpc) is 2.54. The average molecular weight is 332 g/mol. The molecule has 0 saturated carbocycles. The summed E-state index contributed by atoms with van der Waals surface area (Å²) in [5.74, 6) is -0.418. The van der Waals surface area contributed by atoms with Crippen molar-refractivity contribution < 1.29 is 13.2 Å². The number of amides is 1. The number of hydrogen-bond donors (Lipinski definition) is 1. The zero-order chi connectivity index (χ0) is 16.4. The van der Waals surface area contributed by atoms with Crippen LogP contribution in [0.2, 0.25) is 0 Å². The summed E-state index contributed by atoms with van der Waals surface area (Å²) in [6.45, 7) is 0.761. The van der Waals surface area contributed by atoms with E-state index in [0.717, 1.165) is 16.5 Å². The van der Waals surface area contributed by atoms with Gasteiger partial charge in [-0.2, -0.15) is 0 Å². The van der Waals surface area contributed by atoms with Gasteiger partial charge in [0.2, 0.25) is 15.9 Å². The Morgan fingerprint density at radius 2 is 1.91 bits per heavy atom. The molecule has 0 radical (unpaired) electrons. The molecule has 1 saturated heterocycles. The van der Waals surface area contributed by atoms with Crippen LogP contribution in [-0.4, -0.2) is 38.0 Å². The van der Waals surface area contributed by atoms with Crippen LogP contribution in [0.15, 0.2) is 42.5 Å². The molecule has 1 aliphatic rings. The Kier molecular flexibility index (Phi) is 4.37. The number of sulfonamides is 1. The van der Waals surface area contributed by atoms with Crippen LogP contribution in [0.3, 0.4) is 0 Å². The summed E-state index contributed by atoms with van der Waals surface area (Å²) in [4.78, 5) is 12.4. The van der Waals surface area contributed by atoms with Crippen molar-refractivity contribution in [2.24, 2.45) is 5.92 Å². The minimum absolute atomic E-state index is 0.117. The van der Waals surface area contributed by atoms with Crippen molar-refractivity contribution >= 4 is 32.4 Å². The Morgan fingerprint density at radius 1 is 1.17 bits per heavy atom. The molecule has 1 N–H and O–H groups in total. The number of piperidine rings is 1. The lowest BCUT2D eigenvalue weighted by atomic mass is 9.98. The summed E-state index contributed by atoms with van der Waals surface area (Å²) in [6.07, 6.45) is 2.62. The van der Waals surface area contributed by atoms with Crippen molar-refractivity contribution in [3.8, 4) is 0 Å². The number of nitrogens with zero attached hydrogens (tertiary/aromatic N) is 1. The summed E-state index contributed by atoms with van der Waals surface area (Å²) in [5.41, 5.74) is 0.741. The molecule has 0 spiro atoms. The fourth-order valence-electron chi connectivity index (χ4n) is 2.97. The first-order valence-electron chi connectivity index (χ1n) is 7.68. The van der Waals surface area contributed by atoms with Gasteiger partial charge in [-0.3, -0.25) is 4.79 Å². The van der Waals surface area contributed by atoms with E-state index in [2.05, 4.69) is 5.32 Å². The second-order valence-electron chi connectivity index (χ2n) is 6.01. The third kappa shape index (κ3) is 3.71. The van der Waals surface area contributed by atoms with E-state index in [9.17, 15) is 13.2 Å². The lowest BCUT2D eigenvalue weighted by Gasteiger charge is -2.30. The second kappa shape index (κ2) is 6.29. The van der Waals surface area contributed by atoms with Crippen molar-refractivity contribution in [3.05, 3.63) is 42.5 Å². The van der Waals surface area contributed by atoms with Crippen LogP contribution in [0.5, 0.6) is 0 Å². The van der Waals surface area contributed by atoms with Gasteiger partial charge in [-0.1, -0.05) is 30.3 Å². The summed E-state index contributed by atoms with van der Waals surface area (Å²) in [7, 11) is -3.24. The third-order valence-corrected chi connectivity index (χ3v) is 5.51. The van der Waals surface area contributed by atoms with Gasteiger partial charge in [-0.15, -0.1) is 0 Å². The fourth-order valence-corrected chi connectivity index (χ4v) is 3.88. The minimum atomic E-state index is -3.24. The number of anilines is 1. The Labute approximate surface area is 136 Å². The molecular weight excluding hydrogens is 312 g/mol. The molecule has 1 heterocycles. The third-order valence-electron chi connectivity index (χ3n) is 4.24. The molecule has 1 aliphatic heterocycles. The Bertz CT molecular complexity index is 833. The van der Waals surface area contributed by atoms with Crippen molar-refractivity contribution in [2.75, 3.05) is 24.7 Å². The number of carbonyl (C=O) groups is 1. The summed E-state index contributed by atoms with van der Waals surface area (Å²) >= 11 is 0. The summed E-state index contributed by atoms with van der Waals surface area (Å²) in [5, 5.41) is 5.09. The second-order valence-corrected chi connectivity index (χ2v) is 7.99. The van der Waals surface area contributed by atoms with Crippen molar-refractivity contribution in [1.82, 2.24) is 4.31 Å². The first kappa shape index (κ1) is 16.0. The first-order chi connectivity index (χ1) is 10.9. The van der Waals surface area contributed by atoms with Gasteiger partial charge in [0.15, 0.2) is 0 Å². The van der Waals surface area contributed by atoms with Crippen LogP contribution < -0.4 is 5.32 Å². The van der Waals surface area contributed by atoms with Crippen molar-refractivity contribution in [1.29, 1.82) is 0 Å². The van der Waals surface area contributed by atoms with Crippen LogP contribution in [0.25, 0.3) is 10.8 Å². The van der Waals surface area contributed by atoms with Gasteiger partial charge in [0.25, 0.3) is 0 Å². The van der Waals surface area contributed by atoms with E-state index in [-0.39, 0.29) is 18.4 Å². The van der Waals surface area contributed by atoms with Gasteiger partial charge in [0.05, 0.1) is 12.2 Å². The van der Waals surface area contributed by atoms with Crippen LogP contribution in [0.1, 0.15) is 12.8 Å². The highest BCUT2D eigenvalue weighted by Gasteiger charge is 2.30. The molecule has 0 aromatic heterocycles. The van der Waals surface area contributed by atoms with Crippen LogP contribution in [-0.2, 0) is 14.8 Å². The zero-order valence-corrected chi connectivity index (χ0v) is 13.8. The predicted octanol–water partition coefficient (Wildman–Crippen LogP) is 2.45. The number of hydrogen-bond acceptors (Lipinski definition) is 3. The molecule has 3 rings (SSSR count). The lowest BCUT2D eigenvalue weighted by Crippen LogP contribution is -2.43. The summed E-state index contributed by atoms with van der Waals surface area (Å²) in [6, 6.07) is 13.7. The largest absolute Gasteiger partial charge is 0.326 e. The SMILES string of the molecule is CS(=O)(=O)N1CCC[C@@H](C(=O)Nc2ccc3ccccc3c2)C1. The van der Waals surface area contributed by atoms with E-state index in [1.165, 1.54) is 10.6 Å². The molecule has 6 heteroatoms. The molecule has 122 valence electrons. The molecular formula is C17H20N2O3S. The van der Waals surface area contributed by atoms with Crippen molar-refractivity contribution in [2.45, 2.75) is 12.8 Å². The first-order valence-corrected chi connectivity index (χ1v) is 9.53. The highest BCUT2D eigenvalue weighted by atomic mass is 32.2. The molecule has 1 amide bonds. The maximum Gasteiger partial charge on any atom is 0.228 e. The highest BCUT2D eigenvalue weighted by molar-refractivity contribution is 7.88. The van der Waals surface area contributed by atoms with Crippen LogP contribution >= 0.6 is 0 Å². The van der Waals surface area contributed by atoms with Gasteiger partial charge in [-0.25, -0.2) is 12.7 Å². The number of carbonyl (C=O) groups excluding carboxylic acids is 1. The number of fused-ring (bicyclic) bond motifs is 1. The Hall–Kier alpha value is -1.92. The molecule has 1 atom stereocenters. The van der Waals surface area contributed by atoms with E-state index in [1.807, 2.05) is 42.5 Å². The van der Waals surface area contributed by atoms with E-state index in [4.69, 9.17) is 0 Å². The molecule has 2 aromatic carbocycles. The molecule has 23 heavy (non-hydrogen) atoms. The topological polar surface area (TPSA) is 66.5 Å². The van der Waals surface area contributed by atoms with Gasteiger partial charge < -0.3 is 5.32 Å². The van der Waals surface area contributed by atoms with Gasteiger partial charge >= 0.3 is 0 Å². The van der Waals surface area contributed by atoms with Crippen molar-refractivity contribution in [3.63, 3.8) is 0 Å². The minimum Gasteiger partial charge on any atom is -0.326 e. The number of benzene rings is 2. The van der Waals surface area contributed by atoms with Gasteiger partial charge in [0.1, 0.15) is 0 Å². The van der Waals surface area contributed by atoms with Gasteiger partial charge in [-0.05, 0) is 35.7 Å². The quantitative estimate of drug-likeness (QED) is 0.939. The monoisotopic (exact) mass is 332 g/mol. The number of rotatable bonds is 3. The molecule has 5 nitrogen and oxygen atoms in total. The zero-order valence-electron chi connectivity index (χ0n) is 13.0.